The highest BCUT2D eigenvalue weighted by Gasteiger charge is 2.18. The quantitative estimate of drug-likeness (QED) is 0.865. The standard InChI is InChI=1S/C16H18ClN3/c17-15-5-1-2-6-16(15)20-10-8-19(9-11-20)13-14-4-3-7-18-12-14/h1-7,12H,8-11,13H2. The Labute approximate surface area is 124 Å². The first-order chi connectivity index (χ1) is 9.83. The van der Waals surface area contributed by atoms with E-state index >= 15 is 0 Å². The third-order valence-electron chi connectivity index (χ3n) is 3.69. The molecule has 3 nitrogen and oxygen atoms in total. The molecule has 3 rings (SSSR count). The second-order valence-corrected chi connectivity index (χ2v) is 5.48. The van der Waals surface area contributed by atoms with Gasteiger partial charge in [0.1, 0.15) is 0 Å². The number of piperazine rings is 1. The zero-order valence-electron chi connectivity index (χ0n) is 11.4. The van der Waals surface area contributed by atoms with Gasteiger partial charge in [-0.3, -0.25) is 9.88 Å². The molecule has 104 valence electrons. The minimum absolute atomic E-state index is 0.841. The molecule has 2 heterocycles. The molecule has 0 atom stereocenters. The highest BCUT2D eigenvalue weighted by atomic mass is 35.5. The van der Waals surface area contributed by atoms with Crippen LogP contribution in [0.25, 0.3) is 0 Å². The van der Waals surface area contributed by atoms with Gasteiger partial charge in [-0.1, -0.05) is 29.8 Å². The Morgan fingerprint density at radius 3 is 2.50 bits per heavy atom. The average Bonchev–Trinajstić information content (AvgIpc) is 2.50. The molecule has 1 aromatic carbocycles. The summed E-state index contributed by atoms with van der Waals surface area (Å²) >= 11 is 6.26. The molecule has 1 fully saturated rings. The van der Waals surface area contributed by atoms with E-state index in [1.54, 1.807) is 0 Å². The van der Waals surface area contributed by atoms with E-state index in [9.17, 15) is 0 Å². The number of benzene rings is 1. The fraction of sp³-hybridized carbons (Fsp3) is 0.312. The maximum atomic E-state index is 6.26. The van der Waals surface area contributed by atoms with Crippen LogP contribution in [0.3, 0.4) is 0 Å². The molecule has 1 saturated heterocycles. The van der Waals surface area contributed by atoms with Gasteiger partial charge in [-0.15, -0.1) is 0 Å². The number of anilines is 1. The van der Waals surface area contributed by atoms with Crippen LogP contribution in [0.2, 0.25) is 5.02 Å². The highest BCUT2D eigenvalue weighted by Crippen LogP contribution is 2.26. The van der Waals surface area contributed by atoms with E-state index in [1.165, 1.54) is 5.56 Å². The number of pyridine rings is 1. The van der Waals surface area contributed by atoms with Gasteiger partial charge in [-0.2, -0.15) is 0 Å². The van der Waals surface area contributed by atoms with Crippen molar-refractivity contribution in [3.8, 4) is 0 Å². The molecule has 0 amide bonds. The molecule has 1 aromatic heterocycles. The van der Waals surface area contributed by atoms with Gasteiger partial charge in [0.2, 0.25) is 0 Å². The van der Waals surface area contributed by atoms with Crippen molar-refractivity contribution in [1.29, 1.82) is 0 Å². The van der Waals surface area contributed by atoms with Crippen LogP contribution in [0.1, 0.15) is 5.56 Å². The normalized spacial score (nSPS) is 16.4. The van der Waals surface area contributed by atoms with Gasteiger partial charge in [0, 0.05) is 45.1 Å². The SMILES string of the molecule is Clc1ccccc1N1CCN(Cc2cccnc2)CC1. The van der Waals surface area contributed by atoms with Crippen LogP contribution in [0, 0.1) is 0 Å². The zero-order chi connectivity index (χ0) is 13.8. The Bertz CT molecular complexity index is 551. The molecule has 0 bridgehead atoms. The summed E-state index contributed by atoms with van der Waals surface area (Å²) < 4.78 is 0. The summed E-state index contributed by atoms with van der Waals surface area (Å²) in [6, 6.07) is 12.2. The number of hydrogen-bond donors (Lipinski definition) is 0. The van der Waals surface area contributed by atoms with Crippen LogP contribution in [0.4, 0.5) is 5.69 Å². The van der Waals surface area contributed by atoms with Crippen molar-refractivity contribution in [2.75, 3.05) is 31.1 Å². The summed E-state index contributed by atoms with van der Waals surface area (Å²) in [7, 11) is 0. The van der Waals surface area contributed by atoms with Crippen LogP contribution in [0.5, 0.6) is 0 Å². The van der Waals surface area contributed by atoms with E-state index in [4.69, 9.17) is 11.6 Å². The van der Waals surface area contributed by atoms with Crippen molar-refractivity contribution in [3.63, 3.8) is 0 Å². The maximum Gasteiger partial charge on any atom is 0.0639 e. The van der Waals surface area contributed by atoms with Crippen molar-refractivity contribution in [2.24, 2.45) is 0 Å². The summed E-state index contributed by atoms with van der Waals surface area (Å²) in [5, 5.41) is 0.841. The minimum Gasteiger partial charge on any atom is -0.368 e. The number of rotatable bonds is 3. The predicted molar refractivity (Wildman–Crippen MR) is 83.2 cm³/mol. The third kappa shape index (κ3) is 3.11. The average molecular weight is 288 g/mol. The summed E-state index contributed by atoms with van der Waals surface area (Å²) in [4.78, 5) is 9.00. The van der Waals surface area contributed by atoms with Crippen LogP contribution in [-0.4, -0.2) is 36.1 Å². The molecule has 0 unspecified atom stereocenters. The topological polar surface area (TPSA) is 19.4 Å². The lowest BCUT2D eigenvalue weighted by molar-refractivity contribution is 0.249. The summed E-state index contributed by atoms with van der Waals surface area (Å²) in [5.74, 6) is 0. The van der Waals surface area contributed by atoms with E-state index in [0.717, 1.165) is 43.4 Å². The summed E-state index contributed by atoms with van der Waals surface area (Å²) in [6.45, 7) is 5.12. The van der Waals surface area contributed by atoms with Crippen LogP contribution in [0.15, 0.2) is 48.8 Å². The summed E-state index contributed by atoms with van der Waals surface area (Å²) in [5.41, 5.74) is 2.42. The molecule has 4 heteroatoms. The first kappa shape index (κ1) is 13.4. The van der Waals surface area contributed by atoms with Gasteiger partial charge in [-0.05, 0) is 23.8 Å². The molecule has 0 radical (unpaired) electrons. The van der Waals surface area contributed by atoms with Gasteiger partial charge in [0.15, 0.2) is 0 Å². The zero-order valence-corrected chi connectivity index (χ0v) is 12.1. The van der Waals surface area contributed by atoms with Gasteiger partial charge >= 0.3 is 0 Å². The monoisotopic (exact) mass is 287 g/mol. The van der Waals surface area contributed by atoms with E-state index in [0.29, 0.717) is 0 Å². The number of aromatic nitrogens is 1. The molecule has 0 spiro atoms. The Morgan fingerprint density at radius 2 is 1.80 bits per heavy atom. The van der Waals surface area contributed by atoms with Crippen molar-refractivity contribution in [2.45, 2.75) is 6.54 Å². The van der Waals surface area contributed by atoms with E-state index < -0.39 is 0 Å². The lowest BCUT2D eigenvalue weighted by Gasteiger charge is -2.36. The van der Waals surface area contributed by atoms with Gasteiger partial charge in [0.05, 0.1) is 10.7 Å². The Kier molecular flexibility index (Phi) is 4.19. The first-order valence-corrected chi connectivity index (χ1v) is 7.31. The Morgan fingerprint density at radius 1 is 1.00 bits per heavy atom. The number of para-hydroxylation sites is 1. The number of nitrogens with zero attached hydrogens (tertiary/aromatic N) is 3. The fourth-order valence-corrected chi connectivity index (χ4v) is 2.86. The second-order valence-electron chi connectivity index (χ2n) is 5.08. The van der Waals surface area contributed by atoms with Gasteiger partial charge < -0.3 is 4.90 Å². The van der Waals surface area contributed by atoms with Gasteiger partial charge in [-0.25, -0.2) is 0 Å². The summed E-state index contributed by atoms with van der Waals surface area (Å²) in [6.07, 6.45) is 3.76. The van der Waals surface area contributed by atoms with Crippen molar-refractivity contribution < 1.29 is 0 Å². The first-order valence-electron chi connectivity index (χ1n) is 6.94. The lowest BCUT2D eigenvalue weighted by atomic mass is 10.2. The molecule has 1 aliphatic rings. The van der Waals surface area contributed by atoms with Crippen LogP contribution < -0.4 is 4.90 Å². The Hall–Kier alpha value is -1.58. The smallest absolute Gasteiger partial charge is 0.0639 e. The minimum atomic E-state index is 0.841. The molecule has 0 N–H and O–H groups in total. The third-order valence-corrected chi connectivity index (χ3v) is 4.01. The van der Waals surface area contributed by atoms with Crippen molar-refractivity contribution >= 4 is 17.3 Å². The number of hydrogen-bond acceptors (Lipinski definition) is 3. The van der Waals surface area contributed by atoms with E-state index in [-0.39, 0.29) is 0 Å². The van der Waals surface area contributed by atoms with E-state index in [1.807, 2.05) is 36.7 Å². The van der Waals surface area contributed by atoms with Crippen LogP contribution >= 0.6 is 11.6 Å². The second kappa shape index (κ2) is 6.25. The van der Waals surface area contributed by atoms with Crippen molar-refractivity contribution in [1.82, 2.24) is 9.88 Å². The van der Waals surface area contributed by atoms with Crippen LogP contribution in [-0.2, 0) is 6.54 Å². The number of halogens is 1. The molecular weight excluding hydrogens is 270 g/mol. The van der Waals surface area contributed by atoms with Gasteiger partial charge in [0.25, 0.3) is 0 Å². The molecule has 0 aliphatic carbocycles. The largest absolute Gasteiger partial charge is 0.368 e. The highest BCUT2D eigenvalue weighted by molar-refractivity contribution is 6.33. The molecular formula is C16H18ClN3. The Balaban J connectivity index is 1.59. The lowest BCUT2D eigenvalue weighted by Crippen LogP contribution is -2.46. The van der Waals surface area contributed by atoms with E-state index in [2.05, 4.69) is 26.9 Å². The predicted octanol–water partition coefficient (Wildman–Crippen LogP) is 3.06. The molecule has 1 aliphatic heterocycles. The molecule has 0 saturated carbocycles. The van der Waals surface area contributed by atoms with Crippen molar-refractivity contribution in [3.05, 3.63) is 59.4 Å². The molecule has 20 heavy (non-hydrogen) atoms. The fourth-order valence-electron chi connectivity index (χ4n) is 2.60. The maximum absolute atomic E-state index is 6.26. The molecule has 2 aromatic rings.